The van der Waals surface area contributed by atoms with Gasteiger partial charge in [-0.2, -0.15) is 0 Å². The molecule has 0 saturated carbocycles. The van der Waals surface area contributed by atoms with Crippen molar-refractivity contribution in [3.63, 3.8) is 0 Å². The van der Waals surface area contributed by atoms with Crippen molar-refractivity contribution in [2.75, 3.05) is 47.5 Å². The Morgan fingerprint density at radius 3 is 0.769 bits per heavy atom. The van der Waals surface area contributed by atoms with E-state index in [1.54, 1.807) is 0 Å². The molecule has 0 aromatic carbocycles. The summed E-state index contributed by atoms with van der Waals surface area (Å²) >= 11 is 0. The van der Waals surface area contributed by atoms with Crippen LogP contribution in [0, 0.1) is 0 Å². The fourth-order valence-electron chi connectivity index (χ4n) is 12.6. The minimum atomic E-state index is -4.65. The second kappa shape index (κ2) is 83.2. The molecule has 10 heteroatoms. The van der Waals surface area contributed by atoms with Crippen molar-refractivity contribution in [2.24, 2.45) is 0 Å². The van der Waals surface area contributed by atoms with E-state index in [0.717, 1.165) is 109 Å². The van der Waals surface area contributed by atoms with Gasteiger partial charge in [0.2, 0.25) is 0 Å². The summed E-state index contributed by atoms with van der Waals surface area (Å²) < 4.78 is 34.5. The number of hydrogen-bond acceptors (Lipinski definition) is 8. The van der Waals surface area contributed by atoms with Gasteiger partial charge in [-0.1, -0.05) is 411 Å². The van der Waals surface area contributed by atoms with E-state index < -0.39 is 26.5 Å². The molecule has 2 unspecified atom stereocenters. The molecule has 0 aromatic rings. The Morgan fingerprint density at radius 1 is 0.298 bits per heavy atom. The van der Waals surface area contributed by atoms with Crippen LogP contribution < -0.4 is 4.89 Å². The Balaban J connectivity index is 3.89. The summed E-state index contributed by atoms with van der Waals surface area (Å²) in [7, 11) is 1.18. The third-order valence-electron chi connectivity index (χ3n) is 19.2. The molecule has 0 aliphatic rings. The Morgan fingerprint density at radius 2 is 0.519 bits per heavy atom. The molecular formula is C94H166NO8P. The summed E-state index contributed by atoms with van der Waals surface area (Å²) in [6, 6.07) is 0. The van der Waals surface area contributed by atoms with Gasteiger partial charge in [-0.15, -0.1) is 0 Å². The third kappa shape index (κ3) is 87.1. The predicted octanol–water partition coefficient (Wildman–Crippen LogP) is 29.2. The van der Waals surface area contributed by atoms with Gasteiger partial charge in [0.1, 0.15) is 19.8 Å². The molecule has 0 aromatic heterocycles. The maximum Gasteiger partial charge on any atom is 0.306 e. The second-order valence-corrected chi connectivity index (χ2v) is 31.9. The zero-order valence-corrected chi connectivity index (χ0v) is 69.6. The molecule has 0 radical (unpaired) electrons. The molecule has 2 atom stereocenters. The number of phosphoric acid groups is 1. The molecule has 0 spiro atoms. The van der Waals surface area contributed by atoms with E-state index in [1.165, 1.54) is 257 Å². The van der Waals surface area contributed by atoms with Gasteiger partial charge in [-0.05, 0) is 109 Å². The third-order valence-corrected chi connectivity index (χ3v) is 20.1. The number of ether oxygens (including phenoxy) is 2. The van der Waals surface area contributed by atoms with Crippen molar-refractivity contribution in [2.45, 2.75) is 405 Å². The van der Waals surface area contributed by atoms with E-state index in [-0.39, 0.29) is 32.0 Å². The average molecular weight is 1470 g/mol. The van der Waals surface area contributed by atoms with Crippen molar-refractivity contribution in [1.29, 1.82) is 0 Å². The largest absolute Gasteiger partial charge is 0.756 e. The van der Waals surface area contributed by atoms with Gasteiger partial charge in [0.05, 0.1) is 27.7 Å². The van der Waals surface area contributed by atoms with Crippen LogP contribution in [-0.2, 0) is 32.7 Å². The molecule has 0 fully saturated rings. The maximum absolute atomic E-state index is 12.9. The SMILES string of the molecule is CC/C=C\C/C=C\C/C=C\C/C=C\C/C=C\C/C=C\C/C=C\CCCCCCCCCCCCCCCCCCCCCC(=O)OC(COC(=O)CCCCCCCCCCCCCCCCCCCCCCCCCCCC/C=C\C/C=C\C/C=C\C/C=C\CC)COP(=O)([O-])OCC[N+](C)(C)C. The number of rotatable bonds is 81. The Labute approximate surface area is 644 Å². The van der Waals surface area contributed by atoms with E-state index in [2.05, 4.69) is 148 Å². The van der Waals surface area contributed by atoms with Gasteiger partial charge in [0, 0.05) is 12.8 Å². The van der Waals surface area contributed by atoms with Crippen LogP contribution >= 0.6 is 7.82 Å². The second-order valence-electron chi connectivity index (χ2n) is 30.5. The molecule has 104 heavy (non-hydrogen) atoms. The summed E-state index contributed by atoms with van der Waals surface area (Å²) in [5.74, 6) is -0.815. The van der Waals surface area contributed by atoms with Crippen LogP contribution in [-0.4, -0.2) is 70.0 Å². The zero-order valence-electron chi connectivity index (χ0n) is 68.7. The quantitative estimate of drug-likeness (QED) is 0.0195. The molecule has 0 aliphatic carbocycles. The van der Waals surface area contributed by atoms with Gasteiger partial charge in [0.25, 0.3) is 7.82 Å². The summed E-state index contributed by atoms with van der Waals surface area (Å²) in [4.78, 5) is 38.3. The van der Waals surface area contributed by atoms with Crippen molar-refractivity contribution in [3.05, 3.63) is 134 Å². The molecule has 0 rings (SSSR count). The summed E-state index contributed by atoms with van der Waals surface area (Å²) in [5, 5.41) is 0. The first kappa shape index (κ1) is 100. The number of nitrogens with zero attached hydrogens (tertiary/aromatic N) is 1. The lowest BCUT2D eigenvalue weighted by Crippen LogP contribution is -2.37. The monoisotopic (exact) mass is 1470 g/mol. The van der Waals surface area contributed by atoms with E-state index >= 15 is 0 Å². The molecule has 0 N–H and O–H groups in total. The van der Waals surface area contributed by atoms with Crippen molar-refractivity contribution < 1.29 is 42.1 Å². The lowest BCUT2D eigenvalue weighted by molar-refractivity contribution is -0.870. The molecule has 600 valence electrons. The predicted molar refractivity (Wildman–Crippen MR) is 452 cm³/mol. The number of unbranched alkanes of at least 4 members (excludes halogenated alkanes) is 45. The number of carbonyl (C=O) groups is 2. The fourth-order valence-corrected chi connectivity index (χ4v) is 13.3. The average Bonchev–Trinajstić information content (AvgIpc) is 0.920. The van der Waals surface area contributed by atoms with Crippen molar-refractivity contribution in [3.8, 4) is 0 Å². The first-order valence-electron chi connectivity index (χ1n) is 43.9. The van der Waals surface area contributed by atoms with Crippen LogP contribution in [0.4, 0.5) is 0 Å². The van der Waals surface area contributed by atoms with E-state index in [1.807, 2.05) is 21.1 Å². The van der Waals surface area contributed by atoms with E-state index in [0.29, 0.717) is 17.4 Å². The summed E-state index contributed by atoms with van der Waals surface area (Å²) in [5.41, 5.74) is 0. The van der Waals surface area contributed by atoms with Crippen molar-refractivity contribution >= 4 is 19.8 Å². The highest BCUT2D eigenvalue weighted by Gasteiger charge is 2.22. The number of esters is 2. The fraction of sp³-hybridized carbons (Fsp3) is 0.745. The lowest BCUT2D eigenvalue weighted by atomic mass is 10.0. The molecule has 0 saturated heterocycles. The lowest BCUT2D eigenvalue weighted by Gasteiger charge is -2.28. The normalized spacial score (nSPS) is 13.6. The zero-order chi connectivity index (χ0) is 75.4. The van der Waals surface area contributed by atoms with Crippen LogP contribution in [0.1, 0.15) is 399 Å². The molecule has 0 heterocycles. The molecule has 0 aliphatic heterocycles. The molecule has 9 nitrogen and oxygen atoms in total. The highest BCUT2D eigenvalue weighted by Crippen LogP contribution is 2.38. The van der Waals surface area contributed by atoms with Crippen LogP contribution in [0.5, 0.6) is 0 Å². The van der Waals surface area contributed by atoms with Gasteiger partial charge in [-0.25, -0.2) is 0 Å². The Bertz CT molecular complexity index is 2230. The van der Waals surface area contributed by atoms with Crippen LogP contribution in [0.3, 0.4) is 0 Å². The van der Waals surface area contributed by atoms with Gasteiger partial charge in [0.15, 0.2) is 6.10 Å². The van der Waals surface area contributed by atoms with Crippen molar-refractivity contribution in [1.82, 2.24) is 0 Å². The standard InChI is InChI=1S/C94H166NO8P/c1-6-8-10-12-14-16-18-20-22-24-26-28-30-32-34-36-38-40-42-44-46-47-49-51-53-55-57-59-61-63-65-67-69-71-73-75-77-79-81-83-85-87-94(97)103-92(91-102-104(98,99)101-89-88-95(3,4)5)90-100-93(96)86-84-82-80-78-76-74-72-70-68-66-64-62-60-58-56-54-52-50-48-45-43-41-39-37-35-33-31-29-27-25-23-21-19-17-15-13-11-9-7-2/h8-11,14-17,20-23,26-29,32,34,38,40,44,46,92H,6-7,12-13,18-19,24-25,30-31,33,35-37,39,41-43,45,47-91H2,1-5H3/b10-8-,11-9-,16-14-,17-15-,22-20-,23-21-,28-26-,29-27-,34-32-,40-38-,46-44-. The minimum absolute atomic E-state index is 0.0315. The molecule has 0 bridgehead atoms. The number of phosphoric ester groups is 1. The number of quaternary nitrogens is 1. The van der Waals surface area contributed by atoms with E-state index in [4.69, 9.17) is 18.5 Å². The number of likely N-dealkylation sites (N-methyl/N-ethyl adjacent to an activating group) is 1. The maximum atomic E-state index is 12.9. The highest BCUT2D eigenvalue weighted by molar-refractivity contribution is 7.45. The topological polar surface area (TPSA) is 111 Å². The van der Waals surface area contributed by atoms with Gasteiger partial charge < -0.3 is 27.9 Å². The van der Waals surface area contributed by atoms with Crippen LogP contribution in [0.2, 0.25) is 0 Å². The molecule has 0 amide bonds. The van der Waals surface area contributed by atoms with E-state index in [9.17, 15) is 19.0 Å². The summed E-state index contributed by atoms with van der Waals surface area (Å²) in [6.45, 7) is 4.06. The smallest absolute Gasteiger partial charge is 0.306 e. The number of carbonyl (C=O) groups excluding carboxylic acids is 2. The Kier molecular flexibility index (Phi) is 80.1. The Hall–Kier alpha value is -3.85. The van der Waals surface area contributed by atoms with Crippen LogP contribution in [0.25, 0.3) is 0 Å². The number of hydrogen-bond donors (Lipinski definition) is 0. The summed E-state index contributed by atoms with van der Waals surface area (Å²) in [6.07, 6.45) is 122. The van der Waals surface area contributed by atoms with Gasteiger partial charge in [-0.3, -0.25) is 14.2 Å². The molecular weight excluding hydrogens is 1300 g/mol. The van der Waals surface area contributed by atoms with Gasteiger partial charge >= 0.3 is 11.9 Å². The highest BCUT2D eigenvalue weighted by atomic mass is 31.2. The number of allylic oxidation sites excluding steroid dienone is 22. The van der Waals surface area contributed by atoms with Crippen LogP contribution in [0.15, 0.2) is 134 Å². The first-order chi connectivity index (χ1) is 51.0. The minimum Gasteiger partial charge on any atom is -0.756 e. The first-order valence-corrected chi connectivity index (χ1v) is 45.4.